The van der Waals surface area contributed by atoms with Crippen molar-refractivity contribution in [3.05, 3.63) is 59.3 Å². The van der Waals surface area contributed by atoms with Crippen molar-refractivity contribution in [3.63, 3.8) is 0 Å². The molecule has 0 radical (unpaired) electrons. The fraction of sp³-hybridized carbons (Fsp3) is 0.409. The van der Waals surface area contributed by atoms with Crippen LogP contribution in [0.15, 0.2) is 36.5 Å². The molecule has 1 fully saturated rings. The highest BCUT2D eigenvalue weighted by atomic mass is 19.2. The lowest BCUT2D eigenvalue weighted by atomic mass is 10.0. The van der Waals surface area contributed by atoms with Crippen molar-refractivity contribution in [2.75, 3.05) is 18.8 Å². The minimum Gasteiger partial charge on any atom is -0.384 e. The van der Waals surface area contributed by atoms with Gasteiger partial charge in [-0.1, -0.05) is 12.1 Å². The van der Waals surface area contributed by atoms with Crippen molar-refractivity contribution in [2.24, 2.45) is 0 Å². The second kappa shape index (κ2) is 10.3. The molecule has 0 bridgehead atoms. The molecule has 0 spiro atoms. The lowest BCUT2D eigenvalue weighted by molar-refractivity contribution is -0.131. The van der Waals surface area contributed by atoms with Crippen LogP contribution in [0, 0.1) is 11.6 Å². The van der Waals surface area contributed by atoms with Crippen LogP contribution in [-0.2, 0) is 22.6 Å². The Bertz CT molecular complexity index is 917. The number of likely N-dealkylation sites (tertiary alicyclic amines) is 1. The molecule has 31 heavy (non-hydrogen) atoms. The van der Waals surface area contributed by atoms with E-state index in [-0.39, 0.29) is 24.9 Å². The van der Waals surface area contributed by atoms with E-state index in [1.165, 1.54) is 6.07 Å². The molecule has 0 aliphatic carbocycles. The smallest absolute Gasteiger partial charge is 0.243 e. The molecular formula is C22H27F2N5O2. The molecule has 2 amide bonds. The van der Waals surface area contributed by atoms with E-state index in [0.29, 0.717) is 11.4 Å². The SMILES string of the molecule is C[C@H](C(=O)N[C@@H](Cc1ccc(F)c(F)c1)C(=O)NCc1ccc(N)nc1)N1CCCC1. The molecule has 2 aromatic rings. The van der Waals surface area contributed by atoms with E-state index in [0.717, 1.165) is 43.6 Å². The summed E-state index contributed by atoms with van der Waals surface area (Å²) in [4.78, 5) is 31.7. The average molecular weight is 431 g/mol. The van der Waals surface area contributed by atoms with E-state index in [9.17, 15) is 18.4 Å². The second-order valence-electron chi connectivity index (χ2n) is 7.74. The molecule has 4 N–H and O–H groups in total. The number of rotatable bonds is 8. The summed E-state index contributed by atoms with van der Waals surface area (Å²) in [5.41, 5.74) is 6.71. The van der Waals surface area contributed by atoms with Crippen LogP contribution in [-0.4, -0.2) is 46.9 Å². The zero-order valence-electron chi connectivity index (χ0n) is 17.4. The number of anilines is 1. The Morgan fingerprint density at radius 3 is 2.45 bits per heavy atom. The van der Waals surface area contributed by atoms with Gasteiger partial charge in [-0.2, -0.15) is 0 Å². The van der Waals surface area contributed by atoms with Gasteiger partial charge in [0.25, 0.3) is 0 Å². The number of hydrogen-bond acceptors (Lipinski definition) is 5. The van der Waals surface area contributed by atoms with E-state index >= 15 is 0 Å². The maximum absolute atomic E-state index is 13.6. The normalized spacial score (nSPS) is 16.0. The fourth-order valence-corrected chi connectivity index (χ4v) is 3.55. The van der Waals surface area contributed by atoms with E-state index in [4.69, 9.17) is 5.73 Å². The largest absolute Gasteiger partial charge is 0.384 e. The van der Waals surface area contributed by atoms with Crippen LogP contribution < -0.4 is 16.4 Å². The maximum Gasteiger partial charge on any atom is 0.243 e. The zero-order valence-corrected chi connectivity index (χ0v) is 17.4. The van der Waals surface area contributed by atoms with Gasteiger partial charge in [0.2, 0.25) is 11.8 Å². The first-order chi connectivity index (χ1) is 14.8. The van der Waals surface area contributed by atoms with Crippen molar-refractivity contribution in [3.8, 4) is 0 Å². The quantitative estimate of drug-likeness (QED) is 0.592. The predicted octanol–water partition coefficient (Wildman–Crippen LogP) is 1.77. The maximum atomic E-state index is 13.6. The van der Waals surface area contributed by atoms with Gasteiger partial charge in [0.05, 0.1) is 6.04 Å². The van der Waals surface area contributed by atoms with Gasteiger partial charge < -0.3 is 16.4 Å². The van der Waals surface area contributed by atoms with Crippen molar-refractivity contribution in [2.45, 2.75) is 44.8 Å². The van der Waals surface area contributed by atoms with Gasteiger partial charge in [-0.15, -0.1) is 0 Å². The number of benzene rings is 1. The summed E-state index contributed by atoms with van der Waals surface area (Å²) in [5.74, 6) is -2.30. The number of carbonyl (C=O) groups excluding carboxylic acids is 2. The molecule has 1 aliphatic heterocycles. The standard InChI is InChI=1S/C22H27F2N5O2/c1-14(29-8-2-3-9-29)21(30)28-19(11-15-4-6-17(23)18(24)10-15)22(31)27-13-16-5-7-20(25)26-12-16/h4-7,10,12,14,19H,2-3,8-9,11,13H2,1H3,(H2,25,26)(H,27,31)(H,28,30)/t14-,19+/m1/s1. The second-order valence-corrected chi connectivity index (χ2v) is 7.74. The number of pyridine rings is 1. The highest BCUT2D eigenvalue weighted by Crippen LogP contribution is 2.14. The molecular weight excluding hydrogens is 404 g/mol. The highest BCUT2D eigenvalue weighted by molar-refractivity contribution is 5.89. The van der Waals surface area contributed by atoms with Crippen LogP contribution in [0.5, 0.6) is 0 Å². The molecule has 0 saturated carbocycles. The summed E-state index contributed by atoms with van der Waals surface area (Å²) >= 11 is 0. The summed E-state index contributed by atoms with van der Waals surface area (Å²) in [7, 11) is 0. The lowest BCUT2D eigenvalue weighted by Crippen LogP contribution is -2.53. The molecule has 3 rings (SSSR count). The first kappa shape index (κ1) is 22.6. The topological polar surface area (TPSA) is 100 Å². The molecule has 1 aliphatic rings. The Hall–Kier alpha value is -3.07. The number of halogens is 2. The highest BCUT2D eigenvalue weighted by Gasteiger charge is 2.28. The molecule has 1 aromatic carbocycles. The van der Waals surface area contributed by atoms with Gasteiger partial charge in [0.1, 0.15) is 11.9 Å². The summed E-state index contributed by atoms with van der Waals surface area (Å²) < 4.78 is 26.9. The third-order valence-electron chi connectivity index (χ3n) is 5.44. The Kier molecular flexibility index (Phi) is 7.51. The van der Waals surface area contributed by atoms with Crippen LogP contribution >= 0.6 is 0 Å². The molecule has 2 heterocycles. The number of nitrogens with two attached hydrogens (primary N) is 1. The van der Waals surface area contributed by atoms with Crippen LogP contribution in [0.3, 0.4) is 0 Å². The van der Waals surface area contributed by atoms with Crippen molar-refractivity contribution < 1.29 is 18.4 Å². The molecule has 7 nitrogen and oxygen atoms in total. The van der Waals surface area contributed by atoms with Crippen LogP contribution in [0.1, 0.15) is 30.9 Å². The minimum atomic E-state index is -0.999. The number of hydrogen-bond donors (Lipinski definition) is 3. The number of carbonyl (C=O) groups is 2. The van der Waals surface area contributed by atoms with Gasteiger partial charge in [0, 0.05) is 19.2 Å². The van der Waals surface area contributed by atoms with Crippen LogP contribution in [0.4, 0.5) is 14.6 Å². The van der Waals surface area contributed by atoms with Crippen LogP contribution in [0.25, 0.3) is 0 Å². The van der Waals surface area contributed by atoms with Gasteiger partial charge in [0.15, 0.2) is 11.6 Å². The van der Waals surface area contributed by atoms with Crippen LogP contribution in [0.2, 0.25) is 0 Å². The third-order valence-corrected chi connectivity index (χ3v) is 5.44. The minimum absolute atomic E-state index is 0.0292. The van der Waals surface area contributed by atoms with Gasteiger partial charge >= 0.3 is 0 Å². The Morgan fingerprint density at radius 2 is 1.81 bits per heavy atom. The molecule has 166 valence electrons. The number of nitrogens with one attached hydrogen (secondary N) is 2. The zero-order chi connectivity index (χ0) is 22.4. The number of nitrogen functional groups attached to an aromatic ring is 1. The van der Waals surface area contributed by atoms with Gasteiger partial charge in [-0.3, -0.25) is 14.5 Å². The monoisotopic (exact) mass is 431 g/mol. The summed E-state index contributed by atoms with van der Waals surface area (Å²) in [6, 6.07) is 5.48. The summed E-state index contributed by atoms with van der Waals surface area (Å²) in [6.45, 7) is 3.66. The van der Waals surface area contributed by atoms with E-state index in [1.807, 2.05) is 0 Å². The molecule has 1 aromatic heterocycles. The van der Waals surface area contributed by atoms with Crippen molar-refractivity contribution in [1.29, 1.82) is 0 Å². The summed E-state index contributed by atoms with van der Waals surface area (Å²) in [5, 5.41) is 5.54. The van der Waals surface area contributed by atoms with E-state index in [2.05, 4.69) is 20.5 Å². The first-order valence-corrected chi connectivity index (χ1v) is 10.3. The van der Waals surface area contributed by atoms with Crippen molar-refractivity contribution >= 4 is 17.6 Å². The number of amides is 2. The Morgan fingerprint density at radius 1 is 1.10 bits per heavy atom. The van der Waals surface area contributed by atoms with Gasteiger partial charge in [-0.25, -0.2) is 13.8 Å². The van der Waals surface area contributed by atoms with Gasteiger partial charge in [-0.05, 0) is 62.2 Å². The Balaban J connectivity index is 1.70. The predicted molar refractivity (Wildman–Crippen MR) is 113 cm³/mol. The molecule has 0 unspecified atom stereocenters. The molecule has 9 heteroatoms. The Labute approximate surface area is 180 Å². The molecule has 2 atom stereocenters. The van der Waals surface area contributed by atoms with E-state index in [1.54, 1.807) is 25.3 Å². The fourth-order valence-electron chi connectivity index (χ4n) is 3.55. The van der Waals surface area contributed by atoms with Crippen molar-refractivity contribution in [1.82, 2.24) is 20.5 Å². The number of aromatic nitrogens is 1. The average Bonchev–Trinajstić information content (AvgIpc) is 3.29. The summed E-state index contributed by atoms with van der Waals surface area (Å²) in [6.07, 6.45) is 3.65. The first-order valence-electron chi connectivity index (χ1n) is 10.3. The lowest BCUT2D eigenvalue weighted by Gasteiger charge is -2.26. The third kappa shape index (κ3) is 6.21. The number of nitrogens with zero attached hydrogens (tertiary/aromatic N) is 2. The van der Waals surface area contributed by atoms with E-state index < -0.39 is 23.6 Å². The molecule has 1 saturated heterocycles.